The van der Waals surface area contributed by atoms with Crippen molar-refractivity contribution in [1.29, 1.82) is 0 Å². The van der Waals surface area contributed by atoms with Crippen molar-refractivity contribution >= 4 is 16.8 Å². The van der Waals surface area contributed by atoms with E-state index in [1.807, 2.05) is 19.1 Å². The number of rotatable bonds is 2. The Balaban J connectivity index is 2.78. The maximum atomic E-state index is 8.64. The summed E-state index contributed by atoms with van der Waals surface area (Å²) in [6.07, 6.45) is 0. The summed E-state index contributed by atoms with van der Waals surface area (Å²) in [6, 6.07) is 5.46. The van der Waals surface area contributed by atoms with E-state index in [0.717, 1.165) is 10.9 Å². The molecule has 5 heteroatoms. The van der Waals surface area contributed by atoms with Gasteiger partial charge in [0.05, 0.1) is 12.5 Å². The summed E-state index contributed by atoms with van der Waals surface area (Å²) in [7, 11) is 1.59. The van der Waals surface area contributed by atoms with Crippen molar-refractivity contribution in [1.82, 2.24) is 0 Å². The van der Waals surface area contributed by atoms with Crippen LogP contribution in [0, 0.1) is 6.92 Å². The maximum Gasteiger partial charge on any atom is 0.206 e. The van der Waals surface area contributed by atoms with Crippen molar-refractivity contribution in [3.8, 4) is 5.75 Å². The fraction of sp³-hybridized carbons (Fsp3) is 0.182. The zero-order valence-electron chi connectivity index (χ0n) is 9.02. The highest BCUT2D eigenvalue weighted by Crippen LogP contribution is 2.32. The van der Waals surface area contributed by atoms with Crippen molar-refractivity contribution in [2.75, 3.05) is 7.11 Å². The summed E-state index contributed by atoms with van der Waals surface area (Å²) in [5.74, 6) is 1.02. The summed E-state index contributed by atoms with van der Waals surface area (Å²) in [5.41, 5.74) is 6.96. The molecule has 1 aromatic carbocycles. The van der Waals surface area contributed by atoms with E-state index in [0.29, 0.717) is 17.1 Å². The molecule has 0 fully saturated rings. The Bertz CT molecular complexity index is 558. The Morgan fingerprint density at radius 1 is 1.50 bits per heavy atom. The Morgan fingerprint density at radius 2 is 2.25 bits per heavy atom. The van der Waals surface area contributed by atoms with E-state index in [4.69, 9.17) is 20.1 Å². The van der Waals surface area contributed by atoms with Gasteiger partial charge in [-0.05, 0) is 19.1 Å². The molecule has 0 amide bonds. The zero-order chi connectivity index (χ0) is 11.7. The first kappa shape index (κ1) is 10.4. The molecule has 2 aromatic rings. The predicted molar refractivity (Wildman–Crippen MR) is 60.0 cm³/mol. The number of oxime groups is 1. The lowest BCUT2D eigenvalue weighted by molar-refractivity contribution is 0.317. The number of nitrogens with two attached hydrogens (primary N) is 1. The molecule has 0 spiro atoms. The van der Waals surface area contributed by atoms with Gasteiger partial charge in [-0.1, -0.05) is 11.2 Å². The van der Waals surface area contributed by atoms with Crippen molar-refractivity contribution in [2.45, 2.75) is 6.92 Å². The Morgan fingerprint density at radius 3 is 2.88 bits per heavy atom. The topological polar surface area (TPSA) is 81.0 Å². The summed E-state index contributed by atoms with van der Waals surface area (Å²) < 4.78 is 10.7. The highest BCUT2D eigenvalue weighted by molar-refractivity contribution is 6.02. The highest BCUT2D eigenvalue weighted by Gasteiger charge is 2.16. The van der Waals surface area contributed by atoms with Gasteiger partial charge < -0.3 is 20.1 Å². The molecule has 0 atom stereocenters. The van der Waals surface area contributed by atoms with Crippen LogP contribution in [0.2, 0.25) is 0 Å². The van der Waals surface area contributed by atoms with Gasteiger partial charge in [0, 0.05) is 5.56 Å². The molecule has 0 bridgehead atoms. The predicted octanol–water partition coefficient (Wildman–Crippen LogP) is 1.84. The number of benzene rings is 1. The molecule has 0 unspecified atom stereocenters. The van der Waals surface area contributed by atoms with Crippen molar-refractivity contribution in [3.63, 3.8) is 0 Å². The van der Waals surface area contributed by atoms with Crippen LogP contribution < -0.4 is 10.5 Å². The molecule has 0 aliphatic heterocycles. The molecule has 5 nitrogen and oxygen atoms in total. The fourth-order valence-corrected chi connectivity index (χ4v) is 1.73. The number of nitrogens with zero attached hydrogens (tertiary/aromatic N) is 1. The number of hydrogen-bond donors (Lipinski definition) is 2. The normalized spacial score (nSPS) is 12.0. The fourth-order valence-electron chi connectivity index (χ4n) is 1.73. The molecule has 0 aliphatic rings. The van der Waals surface area contributed by atoms with Gasteiger partial charge in [-0.25, -0.2) is 0 Å². The quantitative estimate of drug-likeness (QED) is 0.350. The van der Waals surface area contributed by atoms with E-state index >= 15 is 0 Å². The Kier molecular flexibility index (Phi) is 2.44. The molecule has 0 saturated carbocycles. The summed E-state index contributed by atoms with van der Waals surface area (Å²) in [4.78, 5) is 0. The molecule has 2 rings (SSSR count). The first-order valence-corrected chi connectivity index (χ1v) is 4.73. The first-order chi connectivity index (χ1) is 7.69. The molecule has 0 aliphatic carbocycles. The van der Waals surface area contributed by atoms with Gasteiger partial charge in [0.1, 0.15) is 11.3 Å². The number of ether oxygens (including phenoxy) is 1. The highest BCUT2D eigenvalue weighted by atomic mass is 16.5. The average Bonchev–Trinajstić information content (AvgIpc) is 2.66. The second-order valence-corrected chi connectivity index (χ2v) is 3.37. The van der Waals surface area contributed by atoms with Gasteiger partial charge in [-0.3, -0.25) is 0 Å². The average molecular weight is 220 g/mol. The van der Waals surface area contributed by atoms with Gasteiger partial charge in [-0.15, -0.1) is 0 Å². The van der Waals surface area contributed by atoms with Gasteiger partial charge >= 0.3 is 0 Å². The number of hydrogen-bond acceptors (Lipinski definition) is 4. The third-order valence-corrected chi connectivity index (χ3v) is 2.48. The Labute approximate surface area is 92.1 Å². The first-order valence-electron chi connectivity index (χ1n) is 4.73. The van der Waals surface area contributed by atoms with E-state index < -0.39 is 0 Å². The van der Waals surface area contributed by atoms with Crippen LogP contribution in [0.4, 0.5) is 0 Å². The number of methoxy groups -OCH3 is 1. The number of amidine groups is 1. The largest absolute Gasteiger partial charge is 0.496 e. The minimum atomic E-state index is -0.0456. The molecule has 16 heavy (non-hydrogen) atoms. The zero-order valence-corrected chi connectivity index (χ0v) is 9.02. The van der Waals surface area contributed by atoms with Gasteiger partial charge in [0.25, 0.3) is 0 Å². The van der Waals surface area contributed by atoms with Crippen LogP contribution >= 0.6 is 0 Å². The third kappa shape index (κ3) is 1.37. The van der Waals surface area contributed by atoms with Crippen LogP contribution in [-0.4, -0.2) is 18.2 Å². The lowest BCUT2D eigenvalue weighted by Crippen LogP contribution is -2.13. The maximum absolute atomic E-state index is 8.64. The van der Waals surface area contributed by atoms with E-state index in [9.17, 15) is 0 Å². The number of fused-ring (bicyclic) bond motifs is 1. The third-order valence-electron chi connectivity index (χ3n) is 2.48. The lowest BCUT2D eigenvalue weighted by Gasteiger charge is -2.00. The van der Waals surface area contributed by atoms with Crippen molar-refractivity contribution < 1.29 is 14.4 Å². The van der Waals surface area contributed by atoms with Crippen LogP contribution in [0.15, 0.2) is 27.8 Å². The number of furan rings is 1. The summed E-state index contributed by atoms with van der Waals surface area (Å²) >= 11 is 0. The summed E-state index contributed by atoms with van der Waals surface area (Å²) in [5, 5.41) is 12.4. The molecular weight excluding hydrogens is 208 g/mol. The smallest absolute Gasteiger partial charge is 0.206 e. The standard InChI is InChI=1S/C11H12N2O3/c1-6-9-7(15-2)4-3-5-8(9)16-10(6)11(12)13-14/h3-5,14H,1-2H3,(H2,12,13). The van der Waals surface area contributed by atoms with Crippen LogP contribution in [0.25, 0.3) is 11.0 Å². The van der Waals surface area contributed by atoms with Crippen molar-refractivity contribution in [3.05, 3.63) is 29.5 Å². The van der Waals surface area contributed by atoms with Crippen LogP contribution in [0.5, 0.6) is 5.75 Å². The number of aryl methyl sites for hydroxylation is 1. The van der Waals surface area contributed by atoms with E-state index in [2.05, 4.69) is 5.16 Å². The SMILES string of the molecule is COc1cccc2oc(/C(N)=N\O)c(C)c12. The van der Waals surface area contributed by atoms with E-state index in [1.54, 1.807) is 13.2 Å². The van der Waals surface area contributed by atoms with Crippen LogP contribution in [0.1, 0.15) is 11.3 Å². The molecule has 84 valence electrons. The minimum Gasteiger partial charge on any atom is -0.496 e. The second-order valence-electron chi connectivity index (χ2n) is 3.37. The van der Waals surface area contributed by atoms with Crippen LogP contribution in [0.3, 0.4) is 0 Å². The van der Waals surface area contributed by atoms with E-state index in [1.165, 1.54) is 0 Å². The van der Waals surface area contributed by atoms with Gasteiger partial charge in [0.2, 0.25) is 5.84 Å². The van der Waals surface area contributed by atoms with Gasteiger partial charge in [0.15, 0.2) is 5.76 Å². The Hall–Kier alpha value is -2.17. The molecular formula is C11H12N2O3. The van der Waals surface area contributed by atoms with Crippen LogP contribution in [-0.2, 0) is 0 Å². The monoisotopic (exact) mass is 220 g/mol. The minimum absolute atomic E-state index is 0.0456. The van der Waals surface area contributed by atoms with E-state index in [-0.39, 0.29) is 5.84 Å². The molecule has 3 N–H and O–H groups in total. The molecule has 1 aromatic heterocycles. The molecule has 0 saturated heterocycles. The second kappa shape index (κ2) is 3.77. The summed E-state index contributed by atoms with van der Waals surface area (Å²) in [6.45, 7) is 1.84. The lowest BCUT2D eigenvalue weighted by atomic mass is 10.1. The molecule has 0 radical (unpaired) electrons. The molecule has 1 heterocycles. The van der Waals surface area contributed by atoms with Gasteiger partial charge in [-0.2, -0.15) is 0 Å². The van der Waals surface area contributed by atoms with Crippen molar-refractivity contribution in [2.24, 2.45) is 10.9 Å².